The molecule has 5 rings (SSSR count). The second kappa shape index (κ2) is 7.48. The number of amides is 1. The van der Waals surface area contributed by atoms with Crippen LogP contribution in [-0.2, 0) is 17.8 Å². The Bertz CT molecular complexity index is 1180. The molecule has 2 aromatic carbocycles. The summed E-state index contributed by atoms with van der Waals surface area (Å²) in [7, 11) is 0. The molecular weight excluding hydrogens is 383 g/mol. The van der Waals surface area contributed by atoms with Gasteiger partial charge in [0, 0.05) is 10.9 Å². The van der Waals surface area contributed by atoms with Gasteiger partial charge in [-0.3, -0.25) is 4.79 Å². The molecule has 0 fully saturated rings. The lowest BCUT2D eigenvalue weighted by molar-refractivity contribution is -0.122. The van der Waals surface area contributed by atoms with E-state index < -0.39 is 0 Å². The number of rotatable bonds is 4. The number of fused-ring (bicyclic) bond motifs is 2. The van der Waals surface area contributed by atoms with Gasteiger partial charge in [0.25, 0.3) is 0 Å². The highest BCUT2D eigenvalue weighted by atomic mass is 32.1. The Morgan fingerprint density at radius 2 is 2.03 bits per heavy atom. The summed E-state index contributed by atoms with van der Waals surface area (Å²) in [6.07, 6.45) is 3.10. The van der Waals surface area contributed by atoms with Crippen LogP contribution >= 0.6 is 11.3 Å². The summed E-state index contributed by atoms with van der Waals surface area (Å²) in [4.78, 5) is 14.1. The molecule has 4 aromatic rings. The Balaban J connectivity index is 1.46. The average molecular weight is 405 g/mol. The maximum atomic E-state index is 13.7. The summed E-state index contributed by atoms with van der Waals surface area (Å²) < 4.78 is 15.7. The second-order valence-corrected chi connectivity index (χ2v) is 8.45. The number of carbonyl (C=O) groups is 1. The number of hydrogen-bond acceptors (Lipinski definition) is 2. The van der Waals surface area contributed by atoms with Crippen molar-refractivity contribution in [3.8, 4) is 10.6 Å². The van der Waals surface area contributed by atoms with Crippen molar-refractivity contribution >= 4 is 28.1 Å². The monoisotopic (exact) mass is 404 g/mol. The molecule has 146 valence electrons. The minimum atomic E-state index is -0.268. The van der Waals surface area contributed by atoms with Crippen molar-refractivity contribution in [1.29, 1.82) is 0 Å². The highest BCUT2D eigenvalue weighted by molar-refractivity contribution is 7.13. The number of benzene rings is 2. The van der Waals surface area contributed by atoms with Gasteiger partial charge < -0.3 is 9.88 Å². The largest absolute Gasteiger partial charge is 0.348 e. The van der Waals surface area contributed by atoms with Crippen LogP contribution in [0.1, 0.15) is 30.0 Å². The molecule has 1 amide bonds. The van der Waals surface area contributed by atoms with E-state index in [1.54, 1.807) is 17.4 Å². The van der Waals surface area contributed by atoms with Gasteiger partial charge in [-0.25, -0.2) is 4.39 Å². The molecule has 0 saturated heterocycles. The molecule has 5 heteroatoms. The van der Waals surface area contributed by atoms with Crippen LogP contribution < -0.4 is 5.32 Å². The summed E-state index contributed by atoms with van der Waals surface area (Å²) in [5.74, 6) is -0.290. The minimum absolute atomic E-state index is 0.0219. The van der Waals surface area contributed by atoms with Crippen molar-refractivity contribution in [2.45, 2.75) is 31.8 Å². The number of nitrogens with one attached hydrogen (secondary N) is 1. The van der Waals surface area contributed by atoms with E-state index in [0.717, 1.165) is 40.7 Å². The number of carbonyl (C=O) groups excluding carboxylic acids is 1. The van der Waals surface area contributed by atoms with Gasteiger partial charge in [0.2, 0.25) is 5.91 Å². The highest BCUT2D eigenvalue weighted by Gasteiger charge is 2.22. The van der Waals surface area contributed by atoms with Crippen LogP contribution in [0.5, 0.6) is 0 Å². The van der Waals surface area contributed by atoms with E-state index in [2.05, 4.69) is 23.5 Å². The predicted molar refractivity (Wildman–Crippen MR) is 115 cm³/mol. The van der Waals surface area contributed by atoms with E-state index in [1.165, 1.54) is 23.3 Å². The van der Waals surface area contributed by atoms with E-state index in [9.17, 15) is 9.18 Å². The fourth-order valence-corrected chi connectivity index (χ4v) is 5.08. The van der Waals surface area contributed by atoms with Crippen molar-refractivity contribution in [3.63, 3.8) is 0 Å². The van der Waals surface area contributed by atoms with Crippen LogP contribution in [0.3, 0.4) is 0 Å². The molecule has 0 radical (unpaired) electrons. The zero-order valence-corrected chi connectivity index (χ0v) is 16.7. The van der Waals surface area contributed by atoms with Gasteiger partial charge in [0.1, 0.15) is 12.4 Å². The summed E-state index contributed by atoms with van der Waals surface area (Å²) in [6, 6.07) is 19.1. The van der Waals surface area contributed by atoms with E-state index in [0.29, 0.717) is 0 Å². The number of aryl methyl sites for hydroxylation is 1. The Labute approximate surface area is 172 Å². The third kappa shape index (κ3) is 3.47. The summed E-state index contributed by atoms with van der Waals surface area (Å²) in [5.41, 5.74) is 4.36. The van der Waals surface area contributed by atoms with Crippen LogP contribution in [0.2, 0.25) is 0 Å². The van der Waals surface area contributed by atoms with Crippen LogP contribution in [-0.4, -0.2) is 10.5 Å². The normalized spacial score (nSPS) is 16.0. The molecule has 0 spiro atoms. The molecule has 2 heterocycles. The van der Waals surface area contributed by atoms with E-state index in [1.807, 2.05) is 34.2 Å². The fourth-order valence-electron chi connectivity index (χ4n) is 4.33. The SMILES string of the molecule is O=C(Cn1c(-c2cccs2)cc2cc(F)ccc21)N[C@H]1CCCc2ccccc21. The van der Waals surface area contributed by atoms with E-state index in [-0.39, 0.29) is 24.3 Å². The van der Waals surface area contributed by atoms with Crippen molar-refractivity contribution in [2.75, 3.05) is 0 Å². The third-order valence-corrected chi connectivity index (χ3v) is 6.54. The molecule has 29 heavy (non-hydrogen) atoms. The summed E-state index contributed by atoms with van der Waals surface area (Å²) in [6.45, 7) is 0.209. The lowest BCUT2D eigenvalue weighted by Crippen LogP contribution is -2.33. The number of thiophene rings is 1. The molecule has 0 aliphatic heterocycles. The first-order chi connectivity index (χ1) is 14.2. The standard InChI is InChI=1S/C24H21FN2OS/c25-18-10-11-21-17(13-18)14-22(23-9-4-12-29-23)27(21)15-24(28)26-20-8-3-6-16-5-1-2-7-19(16)20/h1-2,4-5,7,9-14,20H,3,6,8,15H2,(H,26,28)/t20-/m0/s1. The molecule has 0 bridgehead atoms. The number of halogens is 1. The molecule has 2 aromatic heterocycles. The molecule has 0 unspecified atom stereocenters. The maximum Gasteiger partial charge on any atom is 0.240 e. The number of hydrogen-bond donors (Lipinski definition) is 1. The first kappa shape index (κ1) is 18.1. The van der Waals surface area contributed by atoms with Gasteiger partial charge in [-0.15, -0.1) is 11.3 Å². The van der Waals surface area contributed by atoms with Gasteiger partial charge in [-0.1, -0.05) is 30.3 Å². The van der Waals surface area contributed by atoms with Gasteiger partial charge >= 0.3 is 0 Å². The third-order valence-electron chi connectivity index (χ3n) is 5.64. The zero-order valence-electron chi connectivity index (χ0n) is 15.9. The molecule has 3 nitrogen and oxygen atoms in total. The minimum Gasteiger partial charge on any atom is -0.348 e. The van der Waals surface area contributed by atoms with Crippen molar-refractivity contribution in [1.82, 2.24) is 9.88 Å². The Morgan fingerprint density at radius 3 is 2.90 bits per heavy atom. The van der Waals surface area contributed by atoms with Crippen LogP contribution in [0.25, 0.3) is 21.5 Å². The van der Waals surface area contributed by atoms with Crippen LogP contribution in [0.4, 0.5) is 4.39 Å². The molecular formula is C24H21FN2OS. The Hall–Kier alpha value is -2.92. The number of aromatic nitrogens is 1. The Morgan fingerprint density at radius 1 is 1.14 bits per heavy atom. The van der Waals surface area contributed by atoms with E-state index >= 15 is 0 Å². The maximum absolute atomic E-state index is 13.7. The lowest BCUT2D eigenvalue weighted by Gasteiger charge is -2.26. The predicted octanol–water partition coefficient (Wildman–Crippen LogP) is 5.70. The quantitative estimate of drug-likeness (QED) is 0.465. The summed E-state index contributed by atoms with van der Waals surface area (Å²) >= 11 is 1.62. The van der Waals surface area contributed by atoms with Gasteiger partial charge in [-0.2, -0.15) is 0 Å². The second-order valence-electron chi connectivity index (χ2n) is 7.51. The lowest BCUT2D eigenvalue weighted by atomic mass is 9.88. The molecule has 1 aliphatic rings. The van der Waals surface area contributed by atoms with E-state index in [4.69, 9.17) is 0 Å². The van der Waals surface area contributed by atoms with Crippen molar-refractivity contribution in [3.05, 3.63) is 83.0 Å². The fraction of sp³-hybridized carbons (Fsp3) is 0.208. The summed E-state index contributed by atoms with van der Waals surface area (Å²) in [5, 5.41) is 6.05. The van der Waals surface area contributed by atoms with Gasteiger partial charge in [0.15, 0.2) is 0 Å². The highest BCUT2D eigenvalue weighted by Crippen LogP contribution is 2.32. The number of nitrogens with zero attached hydrogens (tertiary/aromatic N) is 1. The first-order valence-electron chi connectivity index (χ1n) is 9.89. The van der Waals surface area contributed by atoms with Gasteiger partial charge in [-0.05, 0) is 66.1 Å². The average Bonchev–Trinajstić information content (AvgIpc) is 3.36. The van der Waals surface area contributed by atoms with Crippen LogP contribution in [0, 0.1) is 5.82 Å². The Kier molecular flexibility index (Phi) is 4.68. The molecule has 0 saturated carbocycles. The van der Waals surface area contributed by atoms with Crippen molar-refractivity contribution < 1.29 is 9.18 Å². The first-order valence-corrected chi connectivity index (χ1v) is 10.8. The topological polar surface area (TPSA) is 34.0 Å². The smallest absolute Gasteiger partial charge is 0.240 e. The van der Waals surface area contributed by atoms with Crippen LogP contribution in [0.15, 0.2) is 66.0 Å². The molecule has 1 N–H and O–H groups in total. The molecule has 1 aliphatic carbocycles. The zero-order chi connectivity index (χ0) is 19.8. The molecule has 1 atom stereocenters. The van der Waals surface area contributed by atoms with Crippen molar-refractivity contribution in [2.24, 2.45) is 0 Å². The van der Waals surface area contributed by atoms with Gasteiger partial charge in [0.05, 0.1) is 16.6 Å².